The summed E-state index contributed by atoms with van der Waals surface area (Å²) in [6.45, 7) is 3.97. The molecule has 9 nitrogen and oxygen atoms in total. The van der Waals surface area contributed by atoms with Crippen LogP contribution in [0.3, 0.4) is 0 Å². The van der Waals surface area contributed by atoms with Crippen LogP contribution in [0.1, 0.15) is 17.0 Å². The Morgan fingerprint density at radius 1 is 1.06 bits per heavy atom. The lowest BCUT2D eigenvalue weighted by atomic mass is 10.1. The number of hydrogen-bond acceptors (Lipinski definition) is 6. The largest absolute Gasteiger partial charge is 0.497 e. The van der Waals surface area contributed by atoms with Crippen molar-refractivity contribution in [1.82, 2.24) is 20.3 Å². The number of aliphatic imine (C=N–C) groups is 1. The highest BCUT2D eigenvalue weighted by Gasteiger charge is 2.11. The molecule has 2 aromatic carbocycles. The maximum atomic E-state index is 12.6. The number of carbonyl (C=O) groups is 1. The number of ether oxygens (including phenoxy) is 2. The maximum Gasteiger partial charge on any atom is 0.264 e. The van der Waals surface area contributed by atoms with E-state index >= 15 is 0 Å². The maximum absolute atomic E-state index is 12.6. The van der Waals surface area contributed by atoms with Gasteiger partial charge in [0, 0.05) is 40.1 Å². The predicted molar refractivity (Wildman–Crippen MR) is 141 cm³/mol. The first-order valence-electron chi connectivity index (χ1n) is 11.4. The number of H-pyrrole nitrogens is 1. The van der Waals surface area contributed by atoms with Crippen molar-refractivity contribution in [2.75, 3.05) is 25.6 Å². The topological polar surface area (TPSA) is 114 Å². The highest BCUT2D eigenvalue weighted by atomic mass is 35.5. The van der Waals surface area contributed by atoms with Crippen molar-refractivity contribution in [3.05, 3.63) is 76.7 Å². The first kappa shape index (κ1) is 25.0. The van der Waals surface area contributed by atoms with Gasteiger partial charge in [0.25, 0.3) is 5.91 Å². The lowest BCUT2D eigenvalue weighted by molar-refractivity contribution is -0.121. The average molecular weight is 507 g/mol. The van der Waals surface area contributed by atoms with Crippen LogP contribution in [0.5, 0.6) is 11.5 Å². The summed E-state index contributed by atoms with van der Waals surface area (Å²) in [7, 11) is 1.59. The number of rotatable bonds is 8. The first-order chi connectivity index (χ1) is 17.4. The van der Waals surface area contributed by atoms with Gasteiger partial charge in [-0.2, -0.15) is 0 Å². The second kappa shape index (κ2) is 11.5. The van der Waals surface area contributed by atoms with E-state index in [-0.39, 0.29) is 18.5 Å². The van der Waals surface area contributed by atoms with Crippen molar-refractivity contribution in [3.63, 3.8) is 0 Å². The monoisotopic (exact) mass is 506 g/mol. The summed E-state index contributed by atoms with van der Waals surface area (Å²) < 4.78 is 10.7. The van der Waals surface area contributed by atoms with Crippen LogP contribution in [0.15, 0.2) is 59.7 Å². The fourth-order valence-corrected chi connectivity index (χ4v) is 3.80. The minimum absolute atomic E-state index is 0.193. The van der Waals surface area contributed by atoms with E-state index in [1.807, 2.05) is 44.3 Å². The minimum atomic E-state index is -0.375. The van der Waals surface area contributed by atoms with E-state index in [1.165, 1.54) is 0 Å². The van der Waals surface area contributed by atoms with Crippen LogP contribution < -0.4 is 20.1 Å². The Labute approximate surface area is 213 Å². The summed E-state index contributed by atoms with van der Waals surface area (Å²) in [6, 6.07) is 14.6. The Balaban J connectivity index is 1.45. The van der Waals surface area contributed by atoms with Crippen LogP contribution in [0.4, 0.5) is 5.95 Å². The average Bonchev–Trinajstić information content (AvgIpc) is 3.24. The molecule has 186 valence electrons. The third kappa shape index (κ3) is 6.73. The summed E-state index contributed by atoms with van der Waals surface area (Å²) in [5.41, 5.74) is 3.68. The number of halogens is 1. The molecule has 2 heterocycles. The summed E-state index contributed by atoms with van der Waals surface area (Å²) in [5.74, 6) is 1.47. The smallest absolute Gasteiger partial charge is 0.264 e. The number of nitrogens with one attached hydrogen (secondary N) is 3. The molecule has 4 rings (SSSR count). The molecule has 2 aromatic heterocycles. The third-order valence-corrected chi connectivity index (χ3v) is 5.52. The van der Waals surface area contributed by atoms with Gasteiger partial charge < -0.3 is 14.5 Å². The highest BCUT2D eigenvalue weighted by Crippen LogP contribution is 2.22. The molecule has 0 bridgehead atoms. The number of aromatic amines is 1. The van der Waals surface area contributed by atoms with Crippen molar-refractivity contribution >= 4 is 40.3 Å². The van der Waals surface area contributed by atoms with Crippen molar-refractivity contribution in [2.24, 2.45) is 4.99 Å². The van der Waals surface area contributed by atoms with Crippen LogP contribution in [0, 0.1) is 13.8 Å². The van der Waals surface area contributed by atoms with E-state index in [1.54, 1.807) is 31.4 Å². The molecule has 0 aliphatic carbocycles. The second-order valence-electron chi connectivity index (χ2n) is 8.10. The minimum Gasteiger partial charge on any atom is -0.497 e. The van der Waals surface area contributed by atoms with E-state index in [4.69, 9.17) is 21.1 Å². The van der Waals surface area contributed by atoms with Gasteiger partial charge in [-0.3, -0.25) is 20.4 Å². The standard InChI is InChI=1S/C26H27ClN6O3/c1-16-12-17(2)31-26(30-16)33-25(32-24(34)15-36-21-7-5-20(35-3)6-8-21)28-11-10-18-14-29-23-9-4-19(27)13-22(18)23/h4-9,12-14,29H,10-11,15H2,1-3H3,(H2,28,30,31,32,33,34). The Kier molecular flexibility index (Phi) is 8.02. The Hall–Kier alpha value is -4.11. The lowest BCUT2D eigenvalue weighted by Crippen LogP contribution is -2.39. The predicted octanol–water partition coefficient (Wildman–Crippen LogP) is 4.44. The quantitative estimate of drug-likeness (QED) is 0.240. The molecule has 0 atom stereocenters. The number of carbonyl (C=O) groups excluding carboxylic acids is 1. The molecule has 0 radical (unpaired) electrons. The summed E-state index contributed by atoms with van der Waals surface area (Å²) in [4.78, 5) is 29.2. The van der Waals surface area contributed by atoms with Gasteiger partial charge in [-0.1, -0.05) is 11.6 Å². The van der Waals surface area contributed by atoms with E-state index in [0.717, 1.165) is 27.9 Å². The van der Waals surface area contributed by atoms with E-state index in [2.05, 4.69) is 30.6 Å². The van der Waals surface area contributed by atoms with Gasteiger partial charge in [0.1, 0.15) is 11.5 Å². The van der Waals surface area contributed by atoms with Crippen LogP contribution >= 0.6 is 11.6 Å². The molecule has 36 heavy (non-hydrogen) atoms. The van der Waals surface area contributed by atoms with Crippen LogP contribution in [-0.2, 0) is 11.2 Å². The number of guanidine groups is 1. The zero-order valence-electron chi connectivity index (χ0n) is 20.3. The number of hydrogen-bond donors (Lipinski definition) is 3. The molecule has 0 saturated carbocycles. The SMILES string of the molecule is COc1ccc(OCC(=O)NC(=NCCc2c[nH]c3ccc(Cl)cc23)Nc2nc(C)cc(C)n2)cc1. The normalized spacial score (nSPS) is 11.4. The molecule has 3 N–H and O–H groups in total. The fourth-order valence-electron chi connectivity index (χ4n) is 3.63. The first-order valence-corrected chi connectivity index (χ1v) is 11.7. The summed E-state index contributed by atoms with van der Waals surface area (Å²) in [5, 5.41) is 7.51. The molecule has 0 spiro atoms. The zero-order chi connectivity index (χ0) is 25.5. The van der Waals surface area contributed by atoms with Crippen molar-refractivity contribution in [2.45, 2.75) is 20.3 Å². The van der Waals surface area contributed by atoms with E-state index in [0.29, 0.717) is 35.4 Å². The van der Waals surface area contributed by atoms with Crippen LogP contribution in [0.25, 0.3) is 10.9 Å². The van der Waals surface area contributed by atoms with Gasteiger partial charge in [0.2, 0.25) is 11.9 Å². The lowest BCUT2D eigenvalue weighted by Gasteiger charge is -2.12. The number of anilines is 1. The highest BCUT2D eigenvalue weighted by molar-refractivity contribution is 6.31. The van der Waals surface area contributed by atoms with Gasteiger partial charge in [-0.15, -0.1) is 0 Å². The van der Waals surface area contributed by atoms with Gasteiger partial charge in [0.05, 0.1) is 7.11 Å². The van der Waals surface area contributed by atoms with Gasteiger partial charge >= 0.3 is 0 Å². The second-order valence-corrected chi connectivity index (χ2v) is 8.53. The number of nitrogens with zero attached hydrogens (tertiary/aromatic N) is 3. The molecule has 10 heteroatoms. The van der Waals surface area contributed by atoms with Crippen molar-refractivity contribution in [1.29, 1.82) is 0 Å². The molecule has 1 amide bonds. The van der Waals surface area contributed by atoms with Crippen molar-refractivity contribution in [3.8, 4) is 11.5 Å². The number of aryl methyl sites for hydroxylation is 2. The molecule has 0 aliphatic heterocycles. The number of fused-ring (bicyclic) bond motifs is 1. The molecular formula is C26H27ClN6O3. The number of benzene rings is 2. The molecular weight excluding hydrogens is 480 g/mol. The Morgan fingerprint density at radius 3 is 2.50 bits per heavy atom. The van der Waals surface area contributed by atoms with E-state index < -0.39 is 0 Å². The summed E-state index contributed by atoms with van der Waals surface area (Å²) in [6.07, 6.45) is 2.58. The fraction of sp³-hybridized carbons (Fsp3) is 0.231. The molecule has 0 fully saturated rings. The third-order valence-electron chi connectivity index (χ3n) is 5.28. The molecule has 0 unspecified atom stereocenters. The zero-order valence-corrected chi connectivity index (χ0v) is 21.0. The van der Waals surface area contributed by atoms with Crippen molar-refractivity contribution < 1.29 is 14.3 Å². The Bertz CT molecular complexity index is 1360. The Morgan fingerprint density at radius 2 is 1.78 bits per heavy atom. The number of amides is 1. The van der Waals surface area contributed by atoms with E-state index in [9.17, 15) is 4.79 Å². The summed E-state index contributed by atoms with van der Waals surface area (Å²) >= 11 is 6.16. The molecule has 0 saturated heterocycles. The van der Waals surface area contributed by atoms with Crippen LogP contribution in [-0.4, -0.2) is 47.1 Å². The number of aromatic nitrogens is 3. The van der Waals surface area contributed by atoms with Gasteiger partial charge in [-0.25, -0.2) is 9.97 Å². The van der Waals surface area contributed by atoms with Crippen LogP contribution in [0.2, 0.25) is 5.02 Å². The van der Waals surface area contributed by atoms with Gasteiger partial charge in [0.15, 0.2) is 6.61 Å². The van der Waals surface area contributed by atoms with Gasteiger partial charge in [-0.05, 0) is 74.4 Å². The molecule has 4 aromatic rings. The number of methoxy groups -OCH3 is 1. The molecule has 0 aliphatic rings.